The summed E-state index contributed by atoms with van der Waals surface area (Å²) in [5.74, 6) is 2.78. The third-order valence-corrected chi connectivity index (χ3v) is 1.24. The maximum absolute atomic E-state index is 5.65. The van der Waals surface area contributed by atoms with Gasteiger partial charge in [0.2, 0.25) is 5.88 Å². The second-order valence-electron chi connectivity index (χ2n) is 1.81. The molecule has 0 saturated carbocycles. The number of hydrogen-bond donors (Lipinski definition) is 0. The molecule has 0 saturated heterocycles. The SMILES string of the molecule is C#CCOc1cc(Cl)ccn1. The van der Waals surface area contributed by atoms with Gasteiger partial charge in [-0.1, -0.05) is 17.5 Å². The first kappa shape index (κ1) is 7.90. The molecule has 0 aliphatic heterocycles. The highest BCUT2D eigenvalue weighted by Crippen LogP contribution is 2.13. The number of nitrogens with zero attached hydrogens (tertiary/aromatic N) is 1. The largest absolute Gasteiger partial charge is 0.464 e. The van der Waals surface area contributed by atoms with Crippen LogP contribution in [0.3, 0.4) is 0 Å². The number of terminal acetylenes is 1. The summed E-state index contributed by atoms with van der Waals surface area (Å²) in [6, 6.07) is 3.28. The summed E-state index contributed by atoms with van der Waals surface area (Å²) in [5, 5.41) is 0.590. The van der Waals surface area contributed by atoms with Crippen LogP contribution in [0.1, 0.15) is 0 Å². The van der Waals surface area contributed by atoms with Crippen molar-refractivity contribution < 1.29 is 4.74 Å². The normalized spacial score (nSPS) is 8.73. The van der Waals surface area contributed by atoms with Gasteiger partial charge in [0.1, 0.15) is 0 Å². The van der Waals surface area contributed by atoms with Crippen LogP contribution >= 0.6 is 11.6 Å². The maximum atomic E-state index is 5.65. The number of hydrogen-bond acceptors (Lipinski definition) is 2. The lowest BCUT2D eigenvalue weighted by Crippen LogP contribution is -1.94. The number of ether oxygens (including phenoxy) is 1. The van der Waals surface area contributed by atoms with Crippen molar-refractivity contribution in [1.82, 2.24) is 4.98 Å². The molecule has 1 heterocycles. The lowest BCUT2D eigenvalue weighted by Gasteiger charge is -1.99. The van der Waals surface area contributed by atoms with Crippen molar-refractivity contribution in [2.75, 3.05) is 6.61 Å². The van der Waals surface area contributed by atoms with Gasteiger partial charge < -0.3 is 4.74 Å². The van der Waals surface area contributed by atoms with Crippen molar-refractivity contribution in [2.45, 2.75) is 0 Å². The second kappa shape index (κ2) is 3.85. The molecule has 2 nitrogen and oxygen atoms in total. The van der Waals surface area contributed by atoms with Crippen molar-refractivity contribution in [3.05, 3.63) is 23.4 Å². The number of aromatic nitrogens is 1. The third-order valence-electron chi connectivity index (χ3n) is 1.00. The number of pyridine rings is 1. The van der Waals surface area contributed by atoms with Gasteiger partial charge in [0, 0.05) is 17.3 Å². The summed E-state index contributed by atoms with van der Waals surface area (Å²) in [6.45, 7) is 0.216. The number of rotatable bonds is 2. The van der Waals surface area contributed by atoms with Crippen molar-refractivity contribution in [3.8, 4) is 18.2 Å². The Morgan fingerprint density at radius 1 is 1.73 bits per heavy atom. The quantitative estimate of drug-likeness (QED) is 0.626. The molecule has 11 heavy (non-hydrogen) atoms. The fourth-order valence-electron chi connectivity index (χ4n) is 0.580. The topological polar surface area (TPSA) is 22.1 Å². The first-order chi connectivity index (χ1) is 5.33. The number of halogens is 1. The summed E-state index contributed by atoms with van der Waals surface area (Å²) < 4.78 is 5.00. The van der Waals surface area contributed by atoms with Crippen LogP contribution in [0.15, 0.2) is 18.3 Å². The van der Waals surface area contributed by atoms with Crippen LogP contribution in [0.25, 0.3) is 0 Å². The molecule has 1 aromatic rings. The van der Waals surface area contributed by atoms with Crippen LogP contribution in [0, 0.1) is 12.3 Å². The summed E-state index contributed by atoms with van der Waals surface area (Å²) in [4.78, 5) is 3.87. The van der Waals surface area contributed by atoms with Crippen LogP contribution in [-0.2, 0) is 0 Å². The molecule has 0 unspecified atom stereocenters. The molecule has 0 atom stereocenters. The lowest BCUT2D eigenvalue weighted by atomic mass is 10.5. The predicted octanol–water partition coefficient (Wildman–Crippen LogP) is 1.75. The van der Waals surface area contributed by atoms with E-state index in [2.05, 4.69) is 10.9 Å². The molecule has 0 bridgehead atoms. The zero-order valence-corrected chi connectivity index (χ0v) is 6.51. The fourth-order valence-corrected chi connectivity index (χ4v) is 0.729. The molecular weight excluding hydrogens is 162 g/mol. The standard InChI is InChI=1S/C8H6ClNO/c1-2-5-11-8-6-7(9)3-4-10-8/h1,3-4,6H,5H2. The molecule has 0 aliphatic carbocycles. The van der Waals surface area contributed by atoms with Gasteiger partial charge in [-0.3, -0.25) is 0 Å². The molecule has 0 N–H and O–H groups in total. The molecule has 1 aromatic heterocycles. The first-order valence-corrected chi connectivity index (χ1v) is 3.38. The molecule has 1 rings (SSSR count). The minimum Gasteiger partial charge on any atom is -0.464 e. The van der Waals surface area contributed by atoms with Gasteiger partial charge in [-0.25, -0.2) is 4.98 Å². The van der Waals surface area contributed by atoms with E-state index in [1.807, 2.05) is 0 Å². The molecule has 0 aromatic carbocycles. The highest BCUT2D eigenvalue weighted by molar-refractivity contribution is 6.30. The molecule has 0 fully saturated rings. The van der Waals surface area contributed by atoms with E-state index in [0.29, 0.717) is 10.9 Å². The molecule has 0 spiro atoms. The Kier molecular flexibility index (Phi) is 2.76. The molecule has 56 valence electrons. The van der Waals surface area contributed by atoms with E-state index in [9.17, 15) is 0 Å². The van der Waals surface area contributed by atoms with E-state index in [0.717, 1.165) is 0 Å². The molecule has 0 amide bonds. The zero-order chi connectivity index (χ0) is 8.10. The van der Waals surface area contributed by atoms with Crippen molar-refractivity contribution in [2.24, 2.45) is 0 Å². The van der Waals surface area contributed by atoms with Gasteiger partial charge in [-0.05, 0) is 6.07 Å². The van der Waals surface area contributed by atoms with E-state index in [-0.39, 0.29) is 6.61 Å². The smallest absolute Gasteiger partial charge is 0.215 e. The molecule has 0 aliphatic rings. The van der Waals surface area contributed by atoms with E-state index in [1.165, 1.54) is 0 Å². The predicted molar refractivity (Wildman–Crippen MR) is 43.6 cm³/mol. The van der Waals surface area contributed by atoms with Crippen molar-refractivity contribution >= 4 is 11.6 Å². The average molecular weight is 168 g/mol. The Balaban J connectivity index is 2.65. The Morgan fingerprint density at radius 3 is 3.18 bits per heavy atom. The van der Waals surface area contributed by atoms with Crippen LogP contribution in [0.5, 0.6) is 5.88 Å². The van der Waals surface area contributed by atoms with Gasteiger partial charge in [0.25, 0.3) is 0 Å². The summed E-state index contributed by atoms with van der Waals surface area (Å²) in [6.07, 6.45) is 6.54. The van der Waals surface area contributed by atoms with Crippen LogP contribution < -0.4 is 4.74 Å². The van der Waals surface area contributed by atoms with Gasteiger partial charge in [0.15, 0.2) is 6.61 Å². The molecule has 3 heteroatoms. The molecule has 0 radical (unpaired) electrons. The van der Waals surface area contributed by atoms with Crippen LogP contribution in [0.4, 0.5) is 0 Å². The minimum absolute atomic E-state index is 0.216. The van der Waals surface area contributed by atoms with E-state index >= 15 is 0 Å². The van der Waals surface area contributed by atoms with Gasteiger partial charge in [-0.15, -0.1) is 6.42 Å². The highest BCUT2D eigenvalue weighted by atomic mass is 35.5. The van der Waals surface area contributed by atoms with Gasteiger partial charge in [0.05, 0.1) is 0 Å². The Bertz CT molecular complexity index is 280. The van der Waals surface area contributed by atoms with Crippen molar-refractivity contribution in [3.63, 3.8) is 0 Å². The molecular formula is C8H6ClNO. The van der Waals surface area contributed by atoms with Gasteiger partial charge in [-0.2, -0.15) is 0 Å². The monoisotopic (exact) mass is 167 g/mol. The minimum atomic E-state index is 0.216. The first-order valence-electron chi connectivity index (χ1n) is 3.01. The summed E-state index contributed by atoms with van der Waals surface area (Å²) >= 11 is 5.65. The Morgan fingerprint density at radius 2 is 2.55 bits per heavy atom. The Hall–Kier alpha value is -1.20. The lowest BCUT2D eigenvalue weighted by molar-refractivity contribution is 0.355. The zero-order valence-electron chi connectivity index (χ0n) is 5.75. The summed E-state index contributed by atoms with van der Waals surface area (Å²) in [7, 11) is 0. The van der Waals surface area contributed by atoms with E-state index < -0.39 is 0 Å². The van der Waals surface area contributed by atoms with E-state index in [4.69, 9.17) is 22.8 Å². The van der Waals surface area contributed by atoms with Crippen LogP contribution in [0.2, 0.25) is 5.02 Å². The van der Waals surface area contributed by atoms with Gasteiger partial charge >= 0.3 is 0 Å². The third kappa shape index (κ3) is 2.48. The van der Waals surface area contributed by atoms with Crippen LogP contribution in [-0.4, -0.2) is 11.6 Å². The second-order valence-corrected chi connectivity index (χ2v) is 2.24. The Labute approximate surface area is 70.2 Å². The fraction of sp³-hybridized carbons (Fsp3) is 0.125. The van der Waals surface area contributed by atoms with E-state index in [1.54, 1.807) is 18.3 Å². The van der Waals surface area contributed by atoms with Crippen molar-refractivity contribution in [1.29, 1.82) is 0 Å². The summed E-state index contributed by atoms with van der Waals surface area (Å²) in [5.41, 5.74) is 0. The maximum Gasteiger partial charge on any atom is 0.215 e. The average Bonchev–Trinajstić information content (AvgIpc) is 2.01. The highest BCUT2D eigenvalue weighted by Gasteiger charge is 1.93.